The first kappa shape index (κ1) is 17.0. The van der Waals surface area contributed by atoms with Crippen LogP contribution in [0, 0.1) is 11.8 Å². The van der Waals surface area contributed by atoms with Gasteiger partial charge >= 0.3 is 5.97 Å². The zero-order valence-electron chi connectivity index (χ0n) is 14.1. The maximum Gasteiger partial charge on any atom is 0.306 e. The third-order valence-electron chi connectivity index (χ3n) is 5.12. The Balaban J connectivity index is 1.68. The van der Waals surface area contributed by atoms with E-state index in [9.17, 15) is 14.7 Å². The number of aliphatic carboxylic acids is 1. The number of hydrogen-bond acceptors (Lipinski definition) is 3. The molecule has 2 fully saturated rings. The Morgan fingerprint density at radius 2 is 1.83 bits per heavy atom. The van der Waals surface area contributed by atoms with E-state index < -0.39 is 5.97 Å². The molecular formula is C19H25NO4. The summed E-state index contributed by atoms with van der Waals surface area (Å²) in [6.45, 7) is 3.11. The Hall–Kier alpha value is -1.88. The maximum absolute atomic E-state index is 12.9. The van der Waals surface area contributed by atoms with E-state index in [1.54, 1.807) is 0 Å². The summed E-state index contributed by atoms with van der Waals surface area (Å²) in [5.74, 6) is -1.22. The Morgan fingerprint density at radius 1 is 1.12 bits per heavy atom. The molecule has 1 saturated heterocycles. The number of morpholine rings is 1. The predicted octanol–water partition coefficient (Wildman–Crippen LogP) is 2.87. The van der Waals surface area contributed by atoms with Crippen molar-refractivity contribution in [3.63, 3.8) is 0 Å². The molecule has 1 aliphatic heterocycles. The molecule has 24 heavy (non-hydrogen) atoms. The van der Waals surface area contributed by atoms with E-state index >= 15 is 0 Å². The third kappa shape index (κ3) is 3.78. The molecule has 5 heteroatoms. The summed E-state index contributed by atoms with van der Waals surface area (Å²) in [5.41, 5.74) is 1.08. The highest BCUT2D eigenvalue weighted by Crippen LogP contribution is 2.33. The Morgan fingerprint density at radius 3 is 2.54 bits per heavy atom. The monoisotopic (exact) mass is 331 g/mol. The van der Waals surface area contributed by atoms with Crippen LogP contribution in [0.15, 0.2) is 30.3 Å². The summed E-state index contributed by atoms with van der Waals surface area (Å²) in [7, 11) is 0. The van der Waals surface area contributed by atoms with Gasteiger partial charge in [-0.15, -0.1) is 0 Å². The highest BCUT2D eigenvalue weighted by atomic mass is 16.5. The molecule has 3 rings (SSSR count). The molecule has 1 N–H and O–H groups in total. The number of ether oxygens (including phenoxy) is 1. The largest absolute Gasteiger partial charge is 0.481 e. The van der Waals surface area contributed by atoms with E-state index in [4.69, 9.17) is 4.74 Å². The van der Waals surface area contributed by atoms with E-state index in [0.29, 0.717) is 25.9 Å². The number of rotatable bonds is 3. The van der Waals surface area contributed by atoms with Gasteiger partial charge in [0.2, 0.25) is 5.91 Å². The van der Waals surface area contributed by atoms with Crippen LogP contribution in [-0.2, 0) is 14.3 Å². The predicted molar refractivity (Wildman–Crippen MR) is 89.4 cm³/mol. The number of carbonyl (C=O) groups is 2. The van der Waals surface area contributed by atoms with Crippen LogP contribution in [0.3, 0.4) is 0 Å². The first-order valence-corrected chi connectivity index (χ1v) is 8.76. The lowest BCUT2D eigenvalue weighted by atomic mass is 9.80. The van der Waals surface area contributed by atoms with Crippen LogP contribution in [0.5, 0.6) is 0 Å². The number of hydrogen-bond donors (Lipinski definition) is 1. The number of benzene rings is 1. The van der Waals surface area contributed by atoms with Gasteiger partial charge in [-0.2, -0.15) is 0 Å². The van der Waals surface area contributed by atoms with Gasteiger partial charge in [-0.25, -0.2) is 0 Å². The van der Waals surface area contributed by atoms with Crippen molar-refractivity contribution in [3.05, 3.63) is 35.9 Å². The van der Waals surface area contributed by atoms with Gasteiger partial charge in [-0.1, -0.05) is 36.8 Å². The van der Waals surface area contributed by atoms with E-state index in [1.807, 2.05) is 42.2 Å². The second kappa shape index (κ2) is 7.34. The Bertz CT molecular complexity index is 588. The molecule has 0 radical (unpaired) electrons. The van der Waals surface area contributed by atoms with E-state index in [0.717, 1.165) is 18.4 Å². The molecule has 1 saturated carbocycles. The van der Waals surface area contributed by atoms with Gasteiger partial charge in [0.15, 0.2) is 0 Å². The lowest BCUT2D eigenvalue weighted by molar-refractivity contribution is -0.152. The van der Waals surface area contributed by atoms with Crippen molar-refractivity contribution in [1.82, 2.24) is 4.90 Å². The zero-order valence-corrected chi connectivity index (χ0v) is 14.1. The summed E-state index contributed by atoms with van der Waals surface area (Å²) >= 11 is 0. The van der Waals surface area contributed by atoms with Crippen LogP contribution in [0.4, 0.5) is 0 Å². The summed E-state index contributed by atoms with van der Waals surface area (Å²) in [5, 5.41) is 9.24. The highest BCUT2D eigenvalue weighted by molar-refractivity contribution is 5.80. The fourth-order valence-electron chi connectivity index (χ4n) is 3.88. The average Bonchev–Trinajstić information content (AvgIpc) is 2.61. The van der Waals surface area contributed by atoms with Gasteiger partial charge in [0.25, 0.3) is 0 Å². The fourth-order valence-corrected chi connectivity index (χ4v) is 3.88. The molecule has 5 nitrogen and oxygen atoms in total. The minimum Gasteiger partial charge on any atom is -0.481 e. The first-order chi connectivity index (χ1) is 11.5. The summed E-state index contributed by atoms with van der Waals surface area (Å²) in [4.78, 5) is 26.0. The summed E-state index contributed by atoms with van der Waals surface area (Å²) in [6, 6.07) is 9.96. The van der Waals surface area contributed by atoms with Crippen LogP contribution in [0.1, 0.15) is 44.3 Å². The molecule has 2 aliphatic rings. The van der Waals surface area contributed by atoms with Crippen molar-refractivity contribution in [2.75, 3.05) is 13.1 Å². The molecule has 1 aromatic carbocycles. The second-order valence-electron chi connectivity index (χ2n) is 6.99. The molecule has 0 bridgehead atoms. The number of nitrogens with zero attached hydrogens (tertiary/aromatic N) is 1. The van der Waals surface area contributed by atoms with Gasteiger partial charge < -0.3 is 14.7 Å². The Kier molecular flexibility index (Phi) is 5.19. The van der Waals surface area contributed by atoms with Crippen molar-refractivity contribution in [2.24, 2.45) is 11.8 Å². The number of carboxylic acid groups (broad SMARTS) is 1. The van der Waals surface area contributed by atoms with Gasteiger partial charge in [-0.05, 0) is 31.7 Å². The van der Waals surface area contributed by atoms with Gasteiger partial charge in [0.1, 0.15) is 6.10 Å². The van der Waals surface area contributed by atoms with Crippen molar-refractivity contribution in [3.8, 4) is 0 Å². The third-order valence-corrected chi connectivity index (χ3v) is 5.12. The number of carboxylic acids is 1. The smallest absolute Gasteiger partial charge is 0.306 e. The second-order valence-corrected chi connectivity index (χ2v) is 6.99. The quantitative estimate of drug-likeness (QED) is 0.925. The Labute approximate surface area is 142 Å². The van der Waals surface area contributed by atoms with Crippen LogP contribution >= 0.6 is 0 Å². The van der Waals surface area contributed by atoms with Crippen LogP contribution in [-0.4, -0.2) is 41.1 Å². The van der Waals surface area contributed by atoms with Gasteiger partial charge in [0, 0.05) is 12.5 Å². The fraction of sp³-hybridized carbons (Fsp3) is 0.579. The van der Waals surface area contributed by atoms with Crippen LogP contribution in [0.25, 0.3) is 0 Å². The SMILES string of the molecule is CC1CN(C(=O)C2CCCC(C(=O)O)C2)CC(c2ccccc2)O1. The van der Waals surface area contributed by atoms with E-state index in [2.05, 4.69) is 0 Å². The molecule has 1 aromatic rings. The van der Waals surface area contributed by atoms with Crippen molar-refractivity contribution in [1.29, 1.82) is 0 Å². The maximum atomic E-state index is 12.9. The van der Waals surface area contributed by atoms with Gasteiger partial charge in [-0.3, -0.25) is 9.59 Å². The molecule has 4 unspecified atom stereocenters. The lowest BCUT2D eigenvalue weighted by Gasteiger charge is -2.39. The standard InChI is InChI=1S/C19H25NO4/c1-13-11-20(12-17(24-13)14-6-3-2-4-7-14)18(21)15-8-5-9-16(10-15)19(22)23/h2-4,6-7,13,15-17H,5,8-12H2,1H3,(H,22,23). The lowest BCUT2D eigenvalue weighted by Crippen LogP contribution is -2.48. The summed E-state index contributed by atoms with van der Waals surface area (Å²) in [6.07, 6.45) is 2.63. The molecule has 0 aromatic heterocycles. The van der Waals surface area contributed by atoms with Crippen molar-refractivity contribution in [2.45, 2.75) is 44.8 Å². The summed E-state index contributed by atoms with van der Waals surface area (Å²) < 4.78 is 6.01. The number of carbonyl (C=O) groups excluding carboxylic acids is 1. The molecule has 4 atom stereocenters. The molecule has 1 amide bonds. The normalized spacial score (nSPS) is 30.8. The van der Waals surface area contributed by atoms with Crippen molar-refractivity contribution < 1.29 is 19.4 Å². The van der Waals surface area contributed by atoms with E-state index in [1.165, 1.54) is 0 Å². The first-order valence-electron chi connectivity index (χ1n) is 8.76. The molecule has 130 valence electrons. The molecule has 1 aliphatic carbocycles. The van der Waals surface area contributed by atoms with Gasteiger partial charge in [0.05, 0.1) is 18.6 Å². The minimum atomic E-state index is -0.773. The molecule has 0 spiro atoms. The topological polar surface area (TPSA) is 66.8 Å². The van der Waals surface area contributed by atoms with Crippen molar-refractivity contribution >= 4 is 11.9 Å². The average molecular weight is 331 g/mol. The van der Waals surface area contributed by atoms with Crippen LogP contribution < -0.4 is 0 Å². The van der Waals surface area contributed by atoms with E-state index in [-0.39, 0.29) is 30.0 Å². The molecule has 1 heterocycles. The number of amides is 1. The highest BCUT2D eigenvalue weighted by Gasteiger charge is 2.36. The van der Waals surface area contributed by atoms with Crippen LogP contribution in [0.2, 0.25) is 0 Å². The zero-order chi connectivity index (χ0) is 17.1. The molecular weight excluding hydrogens is 306 g/mol. The minimum absolute atomic E-state index is 0.0215.